The summed E-state index contributed by atoms with van der Waals surface area (Å²) in [6.07, 6.45) is 3.06. The molecule has 0 bridgehead atoms. The summed E-state index contributed by atoms with van der Waals surface area (Å²) in [5.74, 6) is -0.183. The van der Waals surface area contributed by atoms with Gasteiger partial charge in [-0.15, -0.1) is 0 Å². The number of fused-ring (bicyclic) bond motifs is 1. The molecular formula is C19H23N3O3. The van der Waals surface area contributed by atoms with E-state index in [4.69, 9.17) is 0 Å². The normalized spacial score (nSPS) is 32.1. The van der Waals surface area contributed by atoms with Gasteiger partial charge in [0.05, 0.1) is 12.0 Å². The van der Waals surface area contributed by atoms with Crippen molar-refractivity contribution in [1.29, 1.82) is 0 Å². The molecule has 1 aliphatic carbocycles. The van der Waals surface area contributed by atoms with Gasteiger partial charge < -0.3 is 10.2 Å². The Morgan fingerprint density at radius 2 is 1.88 bits per heavy atom. The van der Waals surface area contributed by atoms with Gasteiger partial charge in [0.2, 0.25) is 11.8 Å². The predicted octanol–water partition coefficient (Wildman–Crippen LogP) is 1.93. The number of urea groups is 1. The number of imide groups is 1. The predicted molar refractivity (Wildman–Crippen MR) is 91.4 cm³/mol. The van der Waals surface area contributed by atoms with Crippen LogP contribution in [0.3, 0.4) is 0 Å². The van der Waals surface area contributed by atoms with E-state index in [0.717, 1.165) is 24.8 Å². The molecule has 0 aromatic heterocycles. The molecule has 2 heterocycles. The van der Waals surface area contributed by atoms with E-state index in [1.807, 2.05) is 30.3 Å². The monoisotopic (exact) mass is 341 g/mol. The van der Waals surface area contributed by atoms with Crippen molar-refractivity contribution >= 4 is 17.8 Å². The molecule has 6 heteroatoms. The maximum atomic E-state index is 12.8. The Hall–Kier alpha value is -2.37. The van der Waals surface area contributed by atoms with Gasteiger partial charge in [0.1, 0.15) is 0 Å². The molecule has 1 aromatic carbocycles. The second-order valence-electron chi connectivity index (χ2n) is 7.37. The zero-order valence-electron chi connectivity index (χ0n) is 14.4. The highest BCUT2D eigenvalue weighted by molar-refractivity contribution is 5.99. The summed E-state index contributed by atoms with van der Waals surface area (Å²) in [4.78, 5) is 40.6. The standard InChI is InChI=1S/C19H23N3O3/c1-21-16(23)10-13(17(21)12-6-3-2-4-7-12)11-22-18(24)14-8-5-9-15(14)20-19(22)25/h2-4,6-7,13-15,17H,5,8-11H2,1H3,(H,20,25)/t13-,14+,15-,17-/m1/s1. The molecule has 0 unspecified atom stereocenters. The Bertz CT molecular complexity index is 705. The lowest BCUT2D eigenvalue weighted by Gasteiger charge is -2.36. The zero-order chi connectivity index (χ0) is 17.6. The largest absolute Gasteiger partial charge is 0.338 e. The molecule has 1 saturated carbocycles. The molecule has 4 amide bonds. The van der Waals surface area contributed by atoms with Crippen LogP contribution in [0.25, 0.3) is 0 Å². The van der Waals surface area contributed by atoms with Gasteiger partial charge in [-0.3, -0.25) is 14.5 Å². The average Bonchev–Trinajstić information content (AvgIpc) is 3.17. The molecule has 1 N–H and O–H groups in total. The smallest absolute Gasteiger partial charge is 0.324 e. The van der Waals surface area contributed by atoms with Crippen molar-refractivity contribution < 1.29 is 14.4 Å². The van der Waals surface area contributed by atoms with Crippen molar-refractivity contribution in [3.63, 3.8) is 0 Å². The van der Waals surface area contributed by atoms with Crippen LogP contribution in [0.1, 0.15) is 37.3 Å². The van der Waals surface area contributed by atoms with E-state index in [9.17, 15) is 14.4 Å². The number of likely N-dealkylation sites (tertiary alicyclic amines) is 1. The molecule has 25 heavy (non-hydrogen) atoms. The molecule has 2 aliphatic heterocycles. The number of hydrogen-bond donors (Lipinski definition) is 1. The van der Waals surface area contributed by atoms with Crippen LogP contribution >= 0.6 is 0 Å². The molecule has 2 saturated heterocycles. The fraction of sp³-hybridized carbons (Fsp3) is 0.526. The molecule has 132 valence electrons. The minimum atomic E-state index is -0.304. The van der Waals surface area contributed by atoms with Crippen LogP contribution < -0.4 is 5.32 Å². The maximum absolute atomic E-state index is 12.8. The summed E-state index contributed by atoms with van der Waals surface area (Å²) < 4.78 is 0. The third kappa shape index (κ3) is 2.69. The van der Waals surface area contributed by atoms with Crippen molar-refractivity contribution in [2.45, 2.75) is 37.8 Å². The molecular weight excluding hydrogens is 318 g/mol. The lowest BCUT2D eigenvalue weighted by atomic mass is 9.92. The molecule has 3 fully saturated rings. The van der Waals surface area contributed by atoms with Crippen LogP contribution in [0.15, 0.2) is 30.3 Å². The van der Waals surface area contributed by atoms with Crippen molar-refractivity contribution in [3.8, 4) is 0 Å². The molecule has 1 aromatic rings. The first-order valence-electron chi connectivity index (χ1n) is 8.98. The van der Waals surface area contributed by atoms with E-state index in [0.29, 0.717) is 13.0 Å². The maximum Gasteiger partial charge on any atom is 0.324 e. The Balaban J connectivity index is 1.57. The molecule has 6 nitrogen and oxygen atoms in total. The van der Waals surface area contributed by atoms with Crippen molar-refractivity contribution in [2.75, 3.05) is 13.6 Å². The second-order valence-corrected chi connectivity index (χ2v) is 7.37. The third-order valence-electron chi connectivity index (χ3n) is 5.91. The Kier molecular flexibility index (Phi) is 3.98. The highest BCUT2D eigenvalue weighted by Gasteiger charge is 2.46. The van der Waals surface area contributed by atoms with Crippen LogP contribution in [0, 0.1) is 11.8 Å². The molecule has 0 radical (unpaired) electrons. The third-order valence-corrected chi connectivity index (χ3v) is 5.91. The number of carbonyl (C=O) groups excluding carboxylic acids is 3. The number of amides is 4. The van der Waals surface area contributed by atoms with E-state index < -0.39 is 0 Å². The van der Waals surface area contributed by atoms with Gasteiger partial charge in [-0.25, -0.2) is 4.79 Å². The van der Waals surface area contributed by atoms with Crippen molar-refractivity contribution in [2.24, 2.45) is 11.8 Å². The molecule has 4 rings (SSSR count). The van der Waals surface area contributed by atoms with E-state index in [1.165, 1.54) is 4.90 Å². The second kappa shape index (κ2) is 6.17. The highest BCUT2D eigenvalue weighted by Crippen LogP contribution is 2.38. The number of nitrogens with zero attached hydrogens (tertiary/aromatic N) is 2. The summed E-state index contributed by atoms with van der Waals surface area (Å²) in [7, 11) is 1.80. The summed E-state index contributed by atoms with van der Waals surface area (Å²) >= 11 is 0. The van der Waals surface area contributed by atoms with Crippen molar-refractivity contribution in [3.05, 3.63) is 35.9 Å². The number of benzene rings is 1. The number of carbonyl (C=O) groups is 3. The first kappa shape index (κ1) is 16.1. The Morgan fingerprint density at radius 1 is 1.12 bits per heavy atom. The quantitative estimate of drug-likeness (QED) is 0.913. The van der Waals surface area contributed by atoms with Crippen LogP contribution in [0.5, 0.6) is 0 Å². The van der Waals surface area contributed by atoms with Crippen LogP contribution in [0.4, 0.5) is 4.79 Å². The van der Waals surface area contributed by atoms with E-state index in [-0.39, 0.29) is 41.8 Å². The lowest BCUT2D eigenvalue weighted by Crippen LogP contribution is -2.59. The lowest BCUT2D eigenvalue weighted by molar-refractivity contribution is -0.135. The summed E-state index contributed by atoms with van der Waals surface area (Å²) in [6.45, 7) is 0.295. The zero-order valence-corrected chi connectivity index (χ0v) is 14.4. The van der Waals surface area contributed by atoms with Gasteiger partial charge in [-0.1, -0.05) is 36.8 Å². The summed E-state index contributed by atoms with van der Waals surface area (Å²) in [5.41, 5.74) is 1.05. The van der Waals surface area contributed by atoms with Gasteiger partial charge in [0.25, 0.3) is 0 Å². The first-order chi connectivity index (χ1) is 12.1. The van der Waals surface area contributed by atoms with Crippen LogP contribution in [0.2, 0.25) is 0 Å². The molecule has 4 atom stereocenters. The fourth-order valence-corrected chi connectivity index (χ4v) is 4.63. The molecule has 3 aliphatic rings. The first-order valence-corrected chi connectivity index (χ1v) is 8.98. The van der Waals surface area contributed by atoms with E-state index in [2.05, 4.69) is 5.32 Å². The van der Waals surface area contributed by atoms with Crippen molar-refractivity contribution in [1.82, 2.24) is 15.1 Å². The van der Waals surface area contributed by atoms with Crippen LogP contribution in [-0.2, 0) is 9.59 Å². The molecule has 0 spiro atoms. The van der Waals surface area contributed by atoms with E-state index in [1.54, 1.807) is 11.9 Å². The minimum Gasteiger partial charge on any atom is -0.338 e. The fourth-order valence-electron chi connectivity index (χ4n) is 4.63. The Labute approximate surface area is 147 Å². The Morgan fingerprint density at radius 3 is 2.64 bits per heavy atom. The van der Waals surface area contributed by atoms with Gasteiger partial charge in [-0.05, 0) is 18.4 Å². The van der Waals surface area contributed by atoms with Crippen LogP contribution in [-0.4, -0.2) is 47.3 Å². The summed E-state index contributed by atoms with van der Waals surface area (Å²) in [6, 6.07) is 9.43. The van der Waals surface area contributed by atoms with Gasteiger partial charge >= 0.3 is 6.03 Å². The summed E-state index contributed by atoms with van der Waals surface area (Å²) in [5, 5.41) is 2.98. The number of rotatable bonds is 3. The topological polar surface area (TPSA) is 69.7 Å². The average molecular weight is 341 g/mol. The van der Waals surface area contributed by atoms with Gasteiger partial charge in [-0.2, -0.15) is 0 Å². The number of hydrogen-bond acceptors (Lipinski definition) is 3. The minimum absolute atomic E-state index is 0.00551. The SMILES string of the molecule is CN1C(=O)C[C@H](CN2C(=O)N[C@@H]3CCC[C@@H]3C2=O)[C@H]1c1ccccc1. The van der Waals surface area contributed by atoms with Gasteiger partial charge in [0.15, 0.2) is 0 Å². The number of nitrogens with one attached hydrogen (secondary N) is 1. The van der Waals surface area contributed by atoms with E-state index >= 15 is 0 Å². The van der Waals surface area contributed by atoms with Gasteiger partial charge in [0, 0.05) is 32.0 Å². The highest BCUT2D eigenvalue weighted by atomic mass is 16.2.